The molecule has 3 heterocycles. The van der Waals surface area contributed by atoms with Crippen molar-refractivity contribution in [2.75, 3.05) is 21.4 Å². The predicted octanol–water partition coefficient (Wildman–Crippen LogP) is 11.6. The van der Waals surface area contributed by atoms with E-state index in [9.17, 15) is 0 Å². The molecule has 0 atom stereocenters. The van der Waals surface area contributed by atoms with E-state index < -0.39 is 0 Å². The van der Waals surface area contributed by atoms with Crippen molar-refractivity contribution in [1.29, 1.82) is 0 Å². The number of aromatic nitrogens is 1. The number of hydrogen-bond acceptors (Lipinski definition) is 5. The first-order valence-electron chi connectivity index (χ1n) is 16.8. The first-order chi connectivity index (χ1) is 23.3. The second kappa shape index (κ2) is 11.6. The summed E-state index contributed by atoms with van der Waals surface area (Å²) in [5.74, 6) is 2.44. The van der Waals surface area contributed by atoms with Crippen molar-refractivity contribution in [3.8, 4) is 33.8 Å². The topological polar surface area (TPSA) is 31.8 Å². The molecule has 0 amide bonds. The van der Waals surface area contributed by atoms with Crippen molar-refractivity contribution in [3.63, 3.8) is 0 Å². The highest BCUT2D eigenvalue weighted by Gasteiger charge is 2.30. The van der Waals surface area contributed by atoms with Crippen LogP contribution in [0.25, 0.3) is 22.3 Å². The standard InChI is InChI=1S/C43H40N4O/c1-29(2)45-28-46(40-20-11-10-19-39(40)45)31-13-12-14-32(26-31)48-33-21-22-37-35-16-7-6-15-34(35)36-17-8-9-18-38(36)47(41(37)27-33)42-25-30(23-24-44-42)43(3,4)5/h6-27,29H,28H2,1-5H3. The van der Waals surface area contributed by atoms with Crippen molar-refractivity contribution in [1.82, 2.24) is 4.98 Å². The molecule has 0 N–H and O–H groups in total. The Labute approximate surface area is 283 Å². The van der Waals surface area contributed by atoms with Crippen LogP contribution in [0.1, 0.15) is 40.2 Å². The quantitative estimate of drug-likeness (QED) is 0.189. The Morgan fingerprint density at radius 1 is 0.604 bits per heavy atom. The van der Waals surface area contributed by atoms with Crippen LogP contribution in [0.4, 0.5) is 34.3 Å². The lowest BCUT2D eigenvalue weighted by Gasteiger charge is -2.28. The van der Waals surface area contributed by atoms with Gasteiger partial charge in [-0.25, -0.2) is 4.98 Å². The number of nitrogens with zero attached hydrogens (tertiary/aromatic N) is 4. The Morgan fingerprint density at radius 2 is 1.25 bits per heavy atom. The highest BCUT2D eigenvalue weighted by molar-refractivity contribution is 6.02. The van der Waals surface area contributed by atoms with Gasteiger partial charge in [-0.1, -0.05) is 81.4 Å². The van der Waals surface area contributed by atoms with Crippen LogP contribution >= 0.6 is 0 Å². The van der Waals surface area contributed by atoms with Gasteiger partial charge in [0.2, 0.25) is 0 Å². The molecular formula is C43H40N4O. The summed E-state index contributed by atoms with van der Waals surface area (Å²) in [6.07, 6.45) is 1.93. The van der Waals surface area contributed by atoms with Gasteiger partial charge in [0.25, 0.3) is 0 Å². The van der Waals surface area contributed by atoms with E-state index in [-0.39, 0.29) is 5.41 Å². The SMILES string of the molecule is CC(C)N1CN(c2cccc(Oc3ccc4c(c3)N(c3cc(C(C)(C)C)ccn3)c3ccccc3-c3ccccc3-4)c2)c2ccccc21. The van der Waals surface area contributed by atoms with E-state index in [4.69, 9.17) is 9.72 Å². The number of para-hydroxylation sites is 3. The van der Waals surface area contributed by atoms with Crippen molar-refractivity contribution in [3.05, 3.63) is 139 Å². The van der Waals surface area contributed by atoms with Gasteiger partial charge in [-0.3, -0.25) is 4.90 Å². The Morgan fingerprint density at radius 3 is 1.98 bits per heavy atom. The molecule has 5 nitrogen and oxygen atoms in total. The normalized spacial score (nSPS) is 13.5. The third-order valence-electron chi connectivity index (χ3n) is 9.47. The van der Waals surface area contributed by atoms with E-state index in [2.05, 4.69) is 171 Å². The lowest BCUT2D eigenvalue weighted by atomic mass is 9.87. The number of benzene rings is 5. The Balaban J connectivity index is 1.23. The second-order valence-electron chi connectivity index (χ2n) is 14.0. The van der Waals surface area contributed by atoms with E-state index in [0.717, 1.165) is 46.6 Å². The van der Waals surface area contributed by atoms with Crippen LogP contribution in [0.5, 0.6) is 11.5 Å². The molecule has 5 heteroatoms. The zero-order chi connectivity index (χ0) is 33.0. The fourth-order valence-corrected chi connectivity index (χ4v) is 6.97. The first kappa shape index (κ1) is 29.8. The molecule has 0 unspecified atom stereocenters. The fourth-order valence-electron chi connectivity index (χ4n) is 6.97. The average molecular weight is 629 g/mol. The van der Waals surface area contributed by atoms with E-state index >= 15 is 0 Å². The van der Waals surface area contributed by atoms with Gasteiger partial charge in [-0.15, -0.1) is 0 Å². The molecule has 48 heavy (non-hydrogen) atoms. The van der Waals surface area contributed by atoms with Gasteiger partial charge < -0.3 is 14.5 Å². The molecule has 0 bridgehead atoms. The van der Waals surface area contributed by atoms with E-state index in [0.29, 0.717) is 6.04 Å². The lowest BCUT2D eigenvalue weighted by Crippen LogP contribution is -2.33. The van der Waals surface area contributed by atoms with Gasteiger partial charge in [0, 0.05) is 41.2 Å². The van der Waals surface area contributed by atoms with Crippen LogP contribution in [-0.4, -0.2) is 17.7 Å². The third kappa shape index (κ3) is 5.16. The molecule has 0 saturated heterocycles. The second-order valence-corrected chi connectivity index (χ2v) is 14.0. The van der Waals surface area contributed by atoms with E-state index in [1.165, 1.54) is 33.6 Å². The average Bonchev–Trinajstić information content (AvgIpc) is 3.44. The highest BCUT2D eigenvalue weighted by Crippen LogP contribution is 2.51. The van der Waals surface area contributed by atoms with Crippen molar-refractivity contribution in [2.24, 2.45) is 0 Å². The molecule has 0 aliphatic carbocycles. The number of anilines is 6. The summed E-state index contributed by atoms with van der Waals surface area (Å²) in [6, 6.07) is 45.5. The van der Waals surface area contributed by atoms with Gasteiger partial charge in [-0.05, 0) is 90.6 Å². The van der Waals surface area contributed by atoms with Crippen LogP contribution in [0.15, 0.2) is 134 Å². The van der Waals surface area contributed by atoms with Crippen molar-refractivity contribution in [2.45, 2.75) is 46.1 Å². The maximum atomic E-state index is 6.70. The van der Waals surface area contributed by atoms with Gasteiger partial charge >= 0.3 is 0 Å². The predicted molar refractivity (Wildman–Crippen MR) is 200 cm³/mol. The Kier molecular flexibility index (Phi) is 7.21. The number of rotatable bonds is 5. The fraction of sp³-hybridized carbons (Fsp3) is 0.186. The molecule has 5 aromatic carbocycles. The number of pyridine rings is 1. The molecule has 0 fully saturated rings. The number of ether oxygens (including phenoxy) is 1. The zero-order valence-corrected chi connectivity index (χ0v) is 28.2. The molecule has 6 aromatic rings. The monoisotopic (exact) mass is 628 g/mol. The minimum atomic E-state index is -0.0210. The maximum Gasteiger partial charge on any atom is 0.137 e. The zero-order valence-electron chi connectivity index (χ0n) is 28.2. The third-order valence-corrected chi connectivity index (χ3v) is 9.47. The van der Waals surface area contributed by atoms with Gasteiger partial charge in [0.1, 0.15) is 17.3 Å². The van der Waals surface area contributed by atoms with Gasteiger partial charge in [0.15, 0.2) is 0 Å². The minimum Gasteiger partial charge on any atom is -0.457 e. The number of fused-ring (bicyclic) bond motifs is 6. The summed E-state index contributed by atoms with van der Waals surface area (Å²) in [5.41, 5.74) is 11.6. The molecule has 8 rings (SSSR count). The van der Waals surface area contributed by atoms with Crippen LogP contribution in [0, 0.1) is 0 Å². The van der Waals surface area contributed by atoms with E-state index in [1.807, 2.05) is 12.3 Å². The summed E-state index contributed by atoms with van der Waals surface area (Å²) in [4.78, 5) is 12.1. The number of hydrogen-bond donors (Lipinski definition) is 0. The molecule has 0 radical (unpaired) electrons. The smallest absolute Gasteiger partial charge is 0.137 e. The molecule has 2 aliphatic heterocycles. The van der Waals surface area contributed by atoms with Crippen LogP contribution < -0.4 is 19.4 Å². The lowest BCUT2D eigenvalue weighted by molar-refractivity contribution is 0.483. The van der Waals surface area contributed by atoms with Crippen LogP contribution in [-0.2, 0) is 5.41 Å². The highest BCUT2D eigenvalue weighted by atomic mass is 16.5. The summed E-state index contributed by atoms with van der Waals surface area (Å²) < 4.78 is 6.70. The molecule has 0 saturated carbocycles. The van der Waals surface area contributed by atoms with Crippen LogP contribution in [0.2, 0.25) is 0 Å². The summed E-state index contributed by atoms with van der Waals surface area (Å²) >= 11 is 0. The maximum absolute atomic E-state index is 6.70. The molecular weight excluding hydrogens is 589 g/mol. The van der Waals surface area contributed by atoms with E-state index in [1.54, 1.807) is 0 Å². The molecule has 2 aliphatic rings. The summed E-state index contributed by atoms with van der Waals surface area (Å²) in [6.45, 7) is 12.0. The molecule has 238 valence electrons. The summed E-state index contributed by atoms with van der Waals surface area (Å²) in [5, 5.41) is 0. The molecule has 0 spiro atoms. The largest absolute Gasteiger partial charge is 0.457 e. The van der Waals surface area contributed by atoms with Gasteiger partial charge in [-0.2, -0.15) is 0 Å². The van der Waals surface area contributed by atoms with Gasteiger partial charge in [0.05, 0.1) is 29.4 Å². The first-order valence-corrected chi connectivity index (χ1v) is 16.8. The summed E-state index contributed by atoms with van der Waals surface area (Å²) in [7, 11) is 0. The minimum absolute atomic E-state index is 0.0210. The molecule has 1 aromatic heterocycles. The Bertz CT molecular complexity index is 2150. The Hall–Kier alpha value is -5.55. The van der Waals surface area contributed by atoms with Crippen LogP contribution in [0.3, 0.4) is 0 Å². The van der Waals surface area contributed by atoms with Crippen molar-refractivity contribution >= 4 is 34.3 Å². The van der Waals surface area contributed by atoms with Crippen molar-refractivity contribution < 1.29 is 4.74 Å².